The first-order valence-corrected chi connectivity index (χ1v) is 6.60. The summed E-state index contributed by atoms with van der Waals surface area (Å²) in [6.45, 7) is 2.03. The first-order valence-electron chi connectivity index (χ1n) is 5.80. The van der Waals surface area contributed by atoms with Crippen LogP contribution in [0.2, 0.25) is 0 Å². The van der Waals surface area contributed by atoms with Crippen LogP contribution in [0.25, 0.3) is 11.4 Å². The Kier molecular flexibility index (Phi) is 4.63. The number of aromatic nitrogens is 2. The normalized spacial score (nSPS) is 11.0. The second kappa shape index (κ2) is 6.23. The summed E-state index contributed by atoms with van der Waals surface area (Å²) < 4.78 is 11.4. The molecule has 0 aliphatic carbocycles. The first-order chi connectivity index (χ1) is 9.15. The third-order valence-electron chi connectivity index (χ3n) is 2.78. The van der Waals surface area contributed by atoms with Gasteiger partial charge in [0.2, 0.25) is 6.29 Å². The van der Waals surface area contributed by atoms with Crippen molar-refractivity contribution in [2.24, 2.45) is 0 Å². The highest BCUT2D eigenvalue weighted by Gasteiger charge is 2.13. The summed E-state index contributed by atoms with van der Waals surface area (Å²) in [5, 5.41) is 0. The van der Waals surface area contributed by atoms with Gasteiger partial charge in [-0.15, -0.1) is 0 Å². The average Bonchev–Trinajstić information content (AvgIpc) is 2.40. The average molecular weight is 323 g/mol. The third-order valence-corrected chi connectivity index (χ3v) is 3.27. The van der Waals surface area contributed by atoms with Crippen LogP contribution in [0, 0.1) is 6.92 Å². The maximum atomic E-state index is 5.21. The van der Waals surface area contributed by atoms with Gasteiger partial charge < -0.3 is 9.47 Å². The molecule has 0 spiro atoms. The van der Waals surface area contributed by atoms with E-state index in [1.165, 1.54) is 0 Å². The Hall–Kier alpha value is -1.30. The van der Waals surface area contributed by atoms with Crippen molar-refractivity contribution in [2.75, 3.05) is 14.2 Å². The molecule has 0 aliphatic heterocycles. The number of halogens is 1. The highest BCUT2D eigenvalue weighted by Crippen LogP contribution is 2.24. The molecule has 0 saturated carbocycles. The molecule has 1 aromatic heterocycles. The summed E-state index contributed by atoms with van der Waals surface area (Å²) >= 11 is 3.45. The summed E-state index contributed by atoms with van der Waals surface area (Å²) in [4.78, 5) is 8.81. The van der Waals surface area contributed by atoms with Gasteiger partial charge >= 0.3 is 0 Å². The Labute approximate surface area is 120 Å². The minimum absolute atomic E-state index is 0.475. The number of nitrogens with zero attached hydrogens (tertiary/aromatic N) is 2. The molecule has 19 heavy (non-hydrogen) atoms. The molecule has 1 aromatic carbocycles. The van der Waals surface area contributed by atoms with Crippen molar-refractivity contribution in [1.82, 2.24) is 9.97 Å². The Morgan fingerprint density at radius 1 is 1.16 bits per heavy atom. The first kappa shape index (κ1) is 14.1. The maximum Gasteiger partial charge on any atom is 0.200 e. The molecule has 0 bridgehead atoms. The highest BCUT2D eigenvalue weighted by molar-refractivity contribution is 9.10. The zero-order chi connectivity index (χ0) is 13.8. The molecule has 0 fully saturated rings. The quantitative estimate of drug-likeness (QED) is 0.808. The van der Waals surface area contributed by atoms with Crippen LogP contribution < -0.4 is 0 Å². The van der Waals surface area contributed by atoms with Crippen molar-refractivity contribution in [3.05, 3.63) is 46.2 Å². The maximum absolute atomic E-state index is 5.21. The van der Waals surface area contributed by atoms with E-state index in [4.69, 9.17) is 9.47 Å². The van der Waals surface area contributed by atoms with Gasteiger partial charge in [0.25, 0.3) is 0 Å². The zero-order valence-electron chi connectivity index (χ0n) is 11.1. The van der Waals surface area contributed by atoms with Crippen molar-refractivity contribution >= 4 is 15.9 Å². The minimum atomic E-state index is -0.475. The fraction of sp³-hybridized carbons (Fsp3) is 0.286. The van der Waals surface area contributed by atoms with Gasteiger partial charge in [0.1, 0.15) is 5.69 Å². The summed E-state index contributed by atoms with van der Waals surface area (Å²) in [5.41, 5.74) is 2.81. The molecule has 100 valence electrons. The number of methoxy groups -OCH3 is 2. The Morgan fingerprint density at radius 3 is 2.53 bits per heavy atom. The van der Waals surface area contributed by atoms with Crippen LogP contribution >= 0.6 is 15.9 Å². The van der Waals surface area contributed by atoms with Crippen LogP contribution in [-0.4, -0.2) is 24.2 Å². The summed E-state index contributed by atoms with van der Waals surface area (Å²) in [5.74, 6) is 0.668. The molecule has 5 heteroatoms. The van der Waals surface area contributed by atoms with E-state index in [0.29, 0.717) is 11.5 Å². The van der Waals surface area contributed by atoms with Crippen LogP contribution in [0.1, 0.15) is 17.5 Å². The molecule has 0 saturated heterocycles. The van der Waals surface area contributed by atoms with Gasteiger partial charge in [0, 0.05) is 30.5 Å². The van der Waals surface area contributed by atoms with E-state index in [9.17, 15) is 0 Å². The minimum Gasteiger partial charge on any atom is -0.350 e. The lowest BCUT2D eigenvalue weighted by atomic mass is 10.1. The zero-order valence-corrected chi connectivity index (χ0v) is 12.6. The second-order valence-corrected chi connectivity index (χ2v) is 4.98. The van der Waals surface area contributed by atoms with Crippen molar-refractivity contribution in [2.45, 2.75) is 13.2 Å². The highest BCUT2D eigenvalue weighted by atomic mass is 79.9. The Bertz CT molecular complexity index is 571. The summed E-state index contributed by atoms with van der Waals surface area (Å²) in [7, 11) is 3.17. The molecule has 2 rings (SSSR count). The number of ether oxygens (including phenoxy) is 2. The van der Waals surface area contributed by atoms with Gasteiger partial charge in [-0.1, -0.05) is 15.9 Å². The van der Waals surface area contributed by atoms with Crippen LogP contribution in [0.5, 0.6) is 0 Å². The molecule has 0 N–H and O–H groups in total. The lowest BCUT2D eigenvalue weighted by molar-refractivity contribution is -0.108. The van der Waals surface area contributed by atoms with Gasteiger partial charge in [-0.3, -0.25) is 0 Å². The monoisotopic (exact) mass is 322 g/mol. The predicted molar refractivity (Wildman–Crippen MR) is 76.7 cm³/mol. The number of rotatable bonds is 4. The number of hydrogen-bond donors (Lipinski definition) is 0. The lowest BCUT2D eigenvalue weighted by Crippen LogP contribution is -2.07. The van der Waals surface area contributed by atoms with Gasteiger partial charge in [-0.25, -0.2) is 9.97 Å². The van der Waals surface area contributed by atoms with Crippen LogP contribution in [0.15, 0.2) is 34.9 Å². The molecule has 0 unspecified atom stereocenters. The van der Waals surface area contributed by atoms with E-state index in [1.807, 2.05) is 25.1 Å². The van der Waals surface area contributed by atoms with E-state index in [1.54, 1.807) is 26.5 Å². The number of aryl methyl sites for hydroxylation is 1. The Balaban J connectivity index is 2.43. The van der Waals surface area contributed by atoms with Crippen molar-refractivity contribution in [3.63, 3.8) is 0 Å². The van der Waals surface area contributed by atoms with Gasteiger partial charge in [0.05, 0.1) is 0 Å². The molecule has 0 amide bonds. The van der Waals surface area contributed by atoms with Gasteiger partial charge in [0.15, 0.2) is 5.82 Å². The molecule has 1 heterocycles. The molecule has 0 atom stereocenters. The van der Waals surface area contributed by atoms with Crippen molar-refractivity contribution < 1.29 is 9.47 Å². The third kappa shape index (κ3) is 3.18. The van der Waals surface area contributed by atoms with Crippen molar-refractivity contribution in [3.8, 4) is 11.4 Å². The fourth-order valence-corrected chi connectivity index (χ4v) is 2.32. The number of hydrogen-bond acceptors (Lipinski definition) is 4. The van der Waals surface area contributed by atoms with E-state index in [0.717, 1.165) is 15.6 Å². The Morgan fingerprint density at radius 2 is 1.89 bits per heavy atom. The van der Waals surface area contributed by atoms with Crippen LogP contribution in [0.3, 0.4) is 0 Å². The molecular weight excluding hydrogens is 308 g/mol. The topological polar surface area (TPSA) is 44.2 Å². The van der Waals surface area contributed by atoms with Crippen molar-refractivity contribution in [1.29, 1.82) is 0 Å². The largest absolute Gasteiger partial charge is 0.350 e. The van der Waals surface area contributed by atoms with Crippen LogP contribution in [0.4, 0.5) is 0 Å². The lowest BCUT2D eigenvalue weighted by Gasteiger charge is -2.13. The molecule has 2 aromatic rings. The van der Waals surface area contributed by atoms with Gasteiger partial charge in [-0.2, -0.15) is 0 Å². The summed E-state index contributed by atoms with van der Waals surface area (Å²) in [6, 6.07) is 7.79. The molecule has 0 aliphatic rings. The van der Waals surface area contributed by atoms with E-state index >= 15 is 0 Å². The van der Waals surface area contributed by atoms with E-state index in [2.05, 4.69) is 25.9 Å². The fourth-order valence-electron chi connectivity index (χ4n) is 1.85. The smallest absolute Gasteiger partial charge is 0.200 e. The second-order valence-electron chi connectivity index (χ2n) is 4.07. The van der Waals surface area contributed by atoms with Crippen LogP contribution in [-0.2, 0) is 9.47 Å². The SMILES string of the molecule is COC(OC)c1ccnc(-c2ccc(Br)cc2C)n1. The molecule has 4 nitrogen and oxygen atoms in total. The molecule has 0 radical (unpaired) electrons. The molecular formula is C14H15BrN2O2. The standard InChI is InChI=1S/C14H15BrN2O2/c1-9-8-10(15)4-5-11(9)13-16-7-6-12(17-13)14(18-2)19-3/h4-8,14H,1-3H3. The summed E-state index contributed by atoms with van der Waals surface area (Å²) in [6.07, 6.45) is 1.24. The van der Waals surface area contributed by atoms with E-state index in [-0.39, 0.29) is 0 Å². The van der Waals surface area contributed by atoms with E-state index < -0.39 is 6.29 Å². The number of benzene rings is 1. The van der Waals surface area contributed by atoms with Gasteiger partial charge in [-0.05, 0) is 36.8 Å². The predicted octanol–water partition coefficient (Wildman–Crippen LogP) is 3.51.